The Morgan fingerprint density at radius 1 is 1.41 bits per heavy atom. The molecule has 0 amide bonds. The molecule has 4 atom stereocenters. The summed E-state index contributed by atoms with van der Waals surface area (Å²) >= 11 is 0. The molecule has 17 heavy (non-hydrogen) atoms. The highest BCUT2D eigenvalue weighted by molar-refractivity contribution is 4.95. The summed E-state index contributed by atoms with van der Waals surface area (Å²) in [5.74, 6) is 0.747. The van der Waals surface area contributed by atoms with Crippen LogP contribution in [0.1, 0.15) is 45.4 Å². The Hall–Kier alpha value is -0.120. The Kier molecular flexibility index (Phi) is 5.26. The maximum absolute atomic E-state index is 5.98. The minimum Gasteiger partial charge on any atom is -0.385 e. The van der Waals surface area contributed by atoms with Gasteiger partial charge in [0.05, 0.1) is 12.2 Å². The number of methoxy groups -OCH3 is 1. The fourth-order valence-electron chi connectivity index (χ4n) is 3.35. The highest BCUT2D eigenvalue weighted by Gasteiger charge is 2.43. The van der Waals surface area contributed by atoms with Crippen LogP contribution < -0.4 is 5.32 Å². The van der Waals surface area contributed by atoms with Gasteiger partial charge in [0.15, 0.2) is 0 Å². The number of ether oxygens (including phenoxy) is 2. The quantitative estimate of drug-likeness (QED) is 0.662. The van der Waals surface area contributed by atoms with E-state index in [1.165, 1.54) is 32.1 Å². The van der Waals surface area contributed by atoms with E-state index in [0.29, 0.717) is 18.2 Å². The minimum atomic E-state index is 0.539. The van der Waals surface area contributed by atoms with Gasteiger partial charge in [-0.3, -0.25) is 0 Å². The van der Waals surface area contributed by atoms with Gasteiger partial charge in [0.1, 0.15) is 0 Å². The summed E-state index contributed by atoms with van der Waals surface area (Å²) < 4.78 is 11.1. The second-order valence-corrected chi connectivity index (χ2v) is 5.47. The second kappa shape index (κ2) is 6.72. The third-order valence-corrected chi connectivity index (χ3v) is 4.19. The van der Waals surface area contributed by atoms with Crippen LogP contribution in [0.2, 0.25) is 0 Å². The van der Waals surface area contributed by atoms with Crippen LogP contribution in [0.5, 0.6) is 0 Å². The average molecular weight is 241 g/mol. The van der Waals surface area contributed by atoms with Gasteiger partial charge in [-0.25, -0.2) is 0 Å². The Balaban J connectivity index is 1.81. The highest BCUT2D eigenvalue weighted by Crippen LogP contribution is 2.41. The van der Waals surface area contributed by atoms with Crippen molar-refractivity contribution in [3.63, 3.8) is 0 Å². The number of rotatable bonds is 8. The molecular formula is C14H27NO2. The molecule has 3 heteroatoms. The fraction of sp³-hybridized carbons (Fsp3) is 1.00. The normalized spacial score (nSPS) is 33.2. The maximum Gasteiger partial charge on any atom is 0.0623 e. The van der Waals surface area contributed by atoms with Gasteiger partial charge in [-0.2, -0.15) is 0 Å². The van der Waals surface area contributed by atoms with Crippen LogP contribution in [0.3, 0.4) is 0 Å². The van der Waals surface area contributed by atoms with E-state index in [9.17, 15) is 0 Å². The molecule has 0 aromatic carbocycles. The molecule has 3 nitrogen and oxygen atoms in total. The molecule has 2 fully saturated rings. The number of nitrogens with one attached hydrogen (secondary N) is 1. The van der Waals surface area contributed by atoms with Crippen molar-refractivity contribution in [2.45, 2.75) is 63.7 Å². The van der Waals surface area contributed by atoms with E-state index in [1.807, 2.05) is 0 Å². The first kappa shape index (κ1) is 13.3. The molecule has 0 aromatic rings. The zero-order valence-corrected chi connectivity index (χ0v) is 11.3. The standard InChI is InChI=1S/C14H27NO2/c1-3-8-15-13(5-4-9-16-2)12-10-11-6-7-14(12)17-11/h11-15H,3-10H2,1-2H3. The molecular weight excluding hydrogens is 214 g/mol. The summed E-state index contributed by atoms with van der Waals surface area (Å²) in [6.45, 7) is 4.24. The van der Waals surface area contributed by atoms with Crippen LogP contribution in [-0.4, -0.2) is 38.5 Å². The van der Waals surface area contributed by atoms with Crippen molar-refractivity contribution in [2.75, 3.05) is 20.3 Å². The zero-order valence-electron chi connectivity index (χ0n) is 11.3. The Bertz CT molecular complexity index is 222. The molecule has 2 heterocycles. The maximum atomic E-state index is 5.98. The molecule has 4 unspecified atom stereocenters. The van der Waals surface area contributed by atoms with Crippen molar-refractivity contribution in [3.8, 4) is 0 Å². The smallest absolute Gasteiger partial charge is 0.0623 e. The van der Waals surface area contributed by atoms with Crippen LogP contribution >= 0.6 is 0 Å². The lowest BCUT2D eigenvalue weighted by atomic mass is 9.82. The first-order valence-corrected chi connectivity index (χ1v) is 7.23. The topological polar surface area (TPSA) is 30.5 Å². The van der Waals surface area contributed by atoms with Crippen LogP contribution in [0.15, 0.2) is 0 Å². The van der Waals surface area contributed by atoms with Gasteiger partial charge in [-0.15, -0.1) is 0 Å². The average Bonchev–Trinajstić information content (AvgIpc) is 2.95. The van der Waals surface area contributed by atoms with E-state index < -0.39 is 0 Å². The summed E-state index contributed by atoms with van der Waals surface area (Å²) in [7, 11) is 1.79. The van der Waals surface area contributed by atoms with E-state index >= 15 is 0 Å². The lowest BCUT2D eigenvalue weighted by Crippen LogP contribution is -2.41. The molecule has 0 saturated carbocycles. The summed E-state index contributed by atoms with van der Waals surface area (Å²) in [4.78, 5) is 0. The Labute approximate surface area is 105 Å². The number of hydrogen-bond acceptors (Lipinski definition) is 3. The first-order chi connectivity index (χ1) is 8.35. The summed E-state index contributed by atoms with van der Waals surface area (Å²) in [5.41, 5.74) is 0. The predicted octanol–water partition coefficient (Wildman–Crippen LogP) is 2.35. The van der Waals surface area contributed by atoms with Crippen molar-refractivity contribution in [3.05, 3.63) is 0 Å². The van der Waals surface area contributed by atoms with Gasteiger partial charge in [0.25, 0.3) is 0 Å². The molecule has 0 aromatic heterocycles. The molecule has 0 radical (unpaired) electrons. The fourth-order valence-corrected chi connectivity index (χ4v) is 3.35. The first-order valence-electron chi connectivity index (χ1n) is 7.23. The van der Waals surface area contributed by atoms with Gasteiger partial charge in [0.2, 0.25) is 0 Å². The Morgan fingerprint density at radius 3 is 2.88 bits per heavy atom. The Morgan fingerprint density at radius 2 is 2.29 bits per heavy atom. The monoisotopic (exact) mass is 241 g/mol. The van der Waals surface area contributed by atoms with E-state index in [4.69, 9.17) is 9.47 Å². The lowest BCUT2D eigenvalue weighted by molar-refractivity contribution is 0.0836. The molecule has 2 rings (SSSR count). The largest absolute Gasteiger partial charge is 0.385 e. The third kappa shape index (κ3) is 3.43. The second-order valence-electron chi connectivity index (χ2n) is 5.47. The van der Waals surface area contributed by atoms with E-state index in [2.05, 4.69) is 12.2 Å². The minimum absolute atomic E-state index is 0.539. The molecule has 2 saturated heterocycles. The van der Waals surface area contributed by atoms with Gasteiger partial charge >= 0.3 is 0 Å². The number of hydrogen-bond donors (Lipinski definition) is 1. The summed E-state index contributed by atoms with van der Waals surface area (Å²) in [6.07, 6.45) is 8.55. The van der Waals surface area contributed by atoms with Crippen molar-refractivity contribution < 1.29 is 9.47 Å². The molecule has 100 valence electrons. The predicted molar refractivity (Wildman–Crippen MR) is 69.2 cm³/mol. The van der Waals surface area contributed by atoms with Crippen molar-refractivity contribution in [1.29, 1.82) is 0 Å². The van der Waals surface area contributed by atoms with Crippen molar-refractivity contribution in [1.82, 2.24) is 5.32 Å². The molecule has 2 bridgehead atoms. The summed E-state index contributed by atoms with van der Waals surface area (Å²) in [6, 6.07) is 0.639. The lowest BCUT2D eigenvalue weighted by Gasteiger charge is -2.29. The van der Waals surface area contributed by atoms with E-state index in [0.717, 1.165) is 25.5 Å². The molecule has 2 aliphatic rings. The van der Waals surface area contributed by atoms with Gasteiger partial charge in [-0.05, 0) is 45.1 Å². The molecule has 2 aliphatic heterocycles. The number of fused-ring (bicyclic) bond motifs is 2. The van der Waals surface area contributed by atoms with Crippen molar-refractivity contribution >= 4 is 0 Å². The van der Waals surface area contributed by atoms with E-state index in [1.54, 1.807) is 7.11 Å². The van der Waals surface area contributed by atoms with Gasteiger partial charge < -0.3 is 14.8 Å². The zero-order chi connectivity index (χ0) is 12.1. The van der Waals surface area contributed by atoms with Gasteiger partial charge in [-0.1, -0.05) is 6.92 Å². The van der Waals surface area contributed by atoms with Crippen LogP contribution in [0.4, 0.5) is 0 Å². The SMILES string of the molecule is CCCNC(CCCOC)C1CC2CCC1O2. The molecule has 1 N–H and O–H groups in total. The third-order valence-electron chi connectivity index (χ3n) is 4.19. The van der Waals surface area contributed by atoms with Crippen LogP contribution in [0, 0.1) is 5.92 Å². The highest BCUT2D eigenvalue weighted by atomic mass is 16.5. The van der Waals surface area contributed by atoms with Gasteiger partial charge in [0, 0.05) is 25.7 Å². The van der Waals surface area contributed by atoms with Crippen molar-refractivity contribution in [2.24, 2.45) is 5.92 Å². The van der Waals surface area contributed by atoms with Crippen LogP contribution in [0.25, 0.3) is 0 Å². The summed E-state index contributed by atoms with van der Waals surface area (Å²) in [5, 5.41) is 3.72. The molecule has 0 spiro atoms. The van der Waals surface area contributed by atoms with Crippen LogP contribution in [-0.2, 0) is 9.47 Å². The molecule has 0 aliphatic carbocycles. The van der Waals surface area contributed by atoms with E-state index in [-0.39, 0.29) is 0 Å².